The Labute approximate surface area is 136 Å². The molecule has 0 aliphatic carbocycles. The van der Waals surface area contributed by atoms with Crippen molar-refractivity contribution < 1.29 is 9.90 Å². The van der Waals surface area contributed by atoms with Gasteiger partial charge in [-0.25, -0.2) is 0 Å². The first kappa shape index (κ1) is 15.0. The number of aldehydes is 1. The van der Waals surface area contributed by atoms with Crippen LogP contribution in [0, 0.1) is 13.8 Å². The van der Waals surface area contributed by atoms with Gasteiger partial charge in [0.25, 0.3) is 0 Å². The molecule has 0 spiro atoms. The lowest BCUT2D eigenvalue weighted by Gasteiger charge is -2.11. The highest BCUT2D eigenvalue weighted by Gasteiger charge is 2.12. The molecule has 0 aliphatic heterocycles. The molecule has 114 valence electrons. The van der Waals surface area contributed by atoms with Gasteiger partial charge in [0.2, 0.25) is 0 Å². The second-order valence-electron chi connectivity index (χ2n) is 5.81. The monoisotopic (exact) mass is 302 g/mol. The summed E-state index contributed by atoms with van der Waals surface area (Å²) in [4.78, 5) is 11.3. The van der Waals surface area contributed by atoms with Gasteiger partial charge in [0.15, 0.2) is 6.29 Å². The molecule has 0 amide bonds. The van der Waals surface area contributed by atoms with E-state index in [1.807, 2.05) is 68.4 Å². The van der Waals surface area contributed by atoms with Crippen LogP contribution in [0.4, 0.5) is 0 Å². The highest BCUT2D eigenvalue weighted by Crippen LogP contribution is 2.36. The third-order valence-corrected chi connectivity index (χ3v) is 4.01. The van der Waals surface area contributed by atoms with Crippen molar-refractivity contribution in [3.8, 4) is 28.0 Å². The van der Waals surface area contributed by atoms with Crippen LogP contribution in [0.15, 0.2) is 60.7 Å². The van der Waals surface area contributed by atoms with Crippen LogP contribution in [0.2, 0.25) is 0 Å². The number of hydrogen-bond acceptors (Lipinski definition) is 2. The predicted octanol–water partition coefficient (Wildman–Crippen LogP) is 5.16. The summed E-state index contributed by atoms with van der Waals surface area (Å²) in [6.07, 6.45) is 0.699. The van der Waals surface area contributed by atoms with E-state index in [2.05, 4.69) is 0 Å². The number of phenols is 1. The number of carbonyl (C=O) groups is 1. The second kappa shape index (κ2) is 6.09. The molecule has 1 N–H and O–H groups in total. The first-order chi connectivity index (χ1) is 11.1. The average molecular weight is 302 g/mol. The Morgan fingerprint density at radius 2 is 1.26 bits per heavy atom. The van der Waals surface area contributed by atoms with Crippen LogP contribution in [-0.2, 0) is 0 Å². The van der Waals surface area contributed by atoms with Gasteiger partial charge in [0.05, 0.1) is 5.56 Å². The van der Waals surface area contributed by atoms with Gasteiger partial charge in [0, 0.05) is 5.56 Å². The van der Waals surface area contributed by atoms with Gasteiger partial charge < -0.3 is 5.11 Å². The molecule has 0 radical (unpaired) electrons. The third-order valence-electron chi connectivity index (χ3n) is 4.01. The Bertz CT molecular complexity index is 844. The molecule has 23 heavy (non-hydrogen) atoms. The number of benzene rings is 3. The van der Waals surface area contributed by atoms with E-state index in [1.165, 1.54) is 5.56 Å². The number of rotatable bonds is 3. The molecule has 2 nitrogen and oxygen atoms in total. The summed E-state index contributed by atoms with van der Waals surface area (Å²) in [5.41, 5.74) is 6.14. The fourth-order valence-corrected chi connectivity index (χ4v) is 2.61. The lowest BCUT2D eigenvalue weighted by molar-refractivity contribution is 0.112. The summed E-state index contributed by atoms with van der Waals surface area (Å²) in [6, 6.07) is 19.7. The van der Waals surface area contributed by atoms with Crippen LogP contribution in [-0.4, -0.2) is 11.4 Å². The third kappa shape index (κ3) is 3.02. The van der Waals surface area contributed by atoms with Crippen molar-refractivity contribution in [1.82, 2.24) is 0 Å². The summed E-state index contributed by atoms with van der Waals surface area (Å²) in [7, 11) is 0. The standard InChI is InChI=1S/C21H18O2/c1-14-3-7-16(8-4-14)18-11-19(13-22)21(23)20(12-18)17-9-5-15(2)6-10-17/h3-13,23H,1-2H3. The van der Waals surface area contributed by atoms with Gasteiger partial charge in [-0.05, 0) is 42.7 Å². The molecule has 3 rings (SSSR count). The summed E-state index contributed by atoms with van der Waals surface area (Å²) in [5, 5.41) is 10.4. The van der Waals surface area contributed by atoms with Gasteiger partial charge >= 0.3 is 0 Å². The van der Waals surface area contributed by atoms with E-state index >= 15 is 0 Å². The SMILES string of the molecule is Cc1ccc(-c2cc(C=O)c(O)c(-c3ccc(C)cc3)c2)cc1. The summed E-state index contributed by atoms with van der Waals surface area (Å²) in [6.45, 7) is 4.05. The van der Waals surface area contributed by atoms with Crippen molar-refractivity contribution in [3.63, 3.8) is 0 Å². The highest BCUT2D eigenvalue weighted by atomic mass is 16.3. The van der Waals surface area contributed by atoms with Gasteiger partial charge in [-0.1, -0.05) is 59.7 Å². The zero-order valence-corrected chi connectivity index (χ0v) is 13.2. The Morgan fingerprint density at radius 3 is 1.78 bits per heavy atom. The van der Waals surface area contributed by atoms with E-state index in [0.717, 1.165) is 22.3 Å². The maximum Gasteiger partial charge on any atom is 0.153 e. The molecule has 0 unspecified atom stereocenters. The minimum Gasteiger partial charge on any atom is -0.507 e. The van der Waals surface area contributed by atoms with Gasteiger partial charge in [0.1, 0.15) is 5.75 Å². The van der Waals surface area contributed by atoms with E-state index < -0.39 is 0 Å². The van der Waals surface area contributed by atoms with Crippen molar-refractivity contribution in [2.75, 3.05) is 0 Å². The molecule has 0 aliphatic rings. The smallest absolute Gasteiger partial charge is 0.153 e. The lowest BCUT2D eigenvalue weighted by atomic mass is 9.94. The summed E-state index contributed by atoms with van der Waals surface area (Å²) in [5.74, 6) is 0.0275. The van der Waals surface area contributed by atoms with Gasteiger partial charge in [-0.15, -0.1) is 0 Å². The van der Waals surface area contributed by atoms with Crippen LogP contribution in [0.3, 0.4) is 0 Å². The largest absolute Gasteiger partial charge is 0.507 e. The van der Waals surface area contributed by atoms with Gasteiger partial charge in [-0.3, -0.25) is 4.79 Å². The minimum atomic E-state index is 0.0275. The number of carbonyl (C=O) groups excluding carboxylic acids is 1. The summed E-state index contributed by atoms with van der Waals surface area (Å²) < 4.78 is 0. The zero-order valence-electron chi connectivity index (χ0n) is 13.2. The quantitative estimate of drug-likeness (QED) is 0.679. The first-order valence-electron chi connectivity index (χ1n) is 7.55. The second-order valence-corrected chi connectivity index (χ2v) is 5.81. The zero-order chi connectivity index (χ0) is 16.4. The van der Waals surface area contributed by atoms with Crippen LogP contribution < -0.4 is 0 Å². The van der Waals surface area contributed by atoms with E-state index in [9.17, 15) is 9.90 Å². The molecule has 0 heterocycles. The van der Waals surface area contributed by atoms with Gasteiger partial charge in [-0.2, -0.15) is 0 Å². The van der Waals surface area contributed by atoms with Crippen molar-refractivity contribution in [2.45, 2.75) is 13.8 Å². The topological polar surface area (TPSA) is 37.3 Å². The number of hydrogen-bond donors (Lipinski definition) is 1. The lowest BCUT2D eigenvalue weighted by Crippen LogP contribution is -1.90. The van der Waals surface area contributed by atoms with Crippen LogP contribution in [0.5, 0.6) is 5.75 Å². The Balaban J connectivity index is 2.19. The summed E-state index contributed by atoms with van der Waals surface area (Å²) >= 11 is 0. The minimum absolute atomic E-state index is 0.0275. The number of aromatic hydroxyl groups is 1. The first-order valence-corrected chi connectivity index (χ1v) is 7.55. The van der Waals surface area contributed by atoms with E-state index in [4.69, 9.17) is 0 Å². The molecule has 0 saturated carbocycles. The molecule has 0 bridgehead atoms. The molecular weight excluding hydrogens is 284 g/mol. The normalized spacial score (nSPS) is 10.5. The highest BCUT2D eigenvalue weighted by molar-refractivity contribution is 5.90. The maximum absolute atomic E-state index is 11.3. The molecule has 0 atom stereocenters. The van der Waals surface area contributed by atoms with Crippen LogP contribution >= 0.6 is 0 Å². The van der Waals surface area contributed by atoms with Crippen LogP contribution in [0.25, 0.3) is 22.3 Å². The fourth-order valence-electron chi connectivity index (χ4n) is 2.61. The van der Waals surface area contributed by atoms with Crippen LogP contribution in [0.1, 0.15) is 21.5 Å². The number of phenolic OH excluding ortho intramolecular Hbond substituents is 1. The van der Waals surface area contributed by atoms with E-state index in [1.54, 1.807) is 6.07 Å². The average Bonchev–Trinajstić information content (AvgIpc) is 2.57. The molecular formula is C21H18O2. The molecule has 3 aromatic rings. The molecule has 0 fully saturated rings. The van der Waals surface area contributed by atoms with E-state index in [0.29, 0.717) is 17.4 Å². The fraction of sp³-hybridized carbons (Fsp3) is 0.0952. The molecule has 2 heteroatoms. The molecule has 0 saturated heterocycles. The number of aryl methyl sites for hydroxylation is 2. The van der Waals surface area contributed by atoms with Crippen molar-refractivity contribution in [2.24, 2.45) is 0 Å². The Morgan fingerprint density at radius 1 is 0.739 bits per heavy atom. The van der Waals surface area contributed by atoms with Crippen molar-refractivity contribution in [3.05, 3.63) is 77.4 Å². The Kier molecular flexibility index (Phi) is 3.98. The predicted molar refractivity (Wildman–Crippen MR) is 93.8 cm³/mol. The molecule has 3 aromatic carbocycles. The van der Waals surface area contributed by atoms with Crippen molar-refractivity contribution in [1.29, 1.82) is 0 Å². The van der Waals surface area contributed by atoms with E-state index in [-0.39, 0.29) is 5.75 Å². The van der Waals surface area contributed by atoms with Crippen molar-refractivity contribution >= 4 is 6.29 Å². The maximum atomic E-state index is 11.3. The Hall–Kier alpha value is -2.87. The molecule has 0 aromatic heterocycles.